The number of nitrogens with zero attached hydrogens (tertiary/aromatic N) is 1. The van der Waals surface area contributed by atoms with Crippen molar-refractivity contribution in [3.63, 3.8) is 0 Å². The number of rotatable bonds is 11. The van der Waals surface area contributed by atoms with Crippen LogP contribution in [0.4, 0.5) is 0 Å². The van der Waals surface area contributed by atoms with Gasteiger partial charge in [0.2, 0.25) is 0 Å². The van der Waals surface area contributed by atoms with E-state index in [1.165, 1.54) is 6.92 Å². The summed E-state index contributed by atoms with van der Waals surface area (Å²) >= 11 is 0. The first-order valence-electron chi connectivity index (χ1n) is 7.16. The first kappa shape index (κ1) is 24.2. The number of quaternary nitrogens is 1. The van der Waals surface area contributed by atoms with Crippen molar-refractivity contribution in [1.29, 1.82) is 0 Å². The molecule has 0 rings (SSSR count). The first-order valence-corrected chi connectivity index (χ1v) is 7.16. The highest BCUT2D eigenvalue weighted by atomic mass is 35.5. The number of halogens is 1. The second-order valence-electron chi connectivity index (χ2n) is 6.10. The predicted molar refractivity (Wildman–Crippen MR) is 77.3 cm³/mol. The van der Waals surface area contributed by atoms with Crippen LogP contribution >= 0.6 is 0 Å². The molecule has 0 saturated heterocycles. The molecule has 0 radical (unpaired) electrons. The van der Waals surface area contributed by atoms with E-state index < -0.39 is 30.6 Å². The zero-order chi connectivity index (χ0) is 16.7. The third-order valence-electron chi connectivity index (χ3n) is 3.64. The largest absolute Gasteiger partial charge is 1.00 e. The number of hydrogen-bond donors (Lipinski definition) is 7. The molecule has 4 atom stereocenters. The van der Waals surface area contributed by atoms with Gasteiger partial charge in [-0.2, -0.15) is 0 Å². The Hall–Kier alpha value is -0.0300. The summed E-state index contributed by atoms with van der Waals surface area (Å²) in [5.41, 5.74) is -2.18. The summed E-state index contributed by atoms with van der Waals surface area (Å²) in [7, 11) is 3.91. The maximum Gasteiger partial charge on any atom is 0.173 e. The van der Waals surface area contributed by atoms with Crippen molar-refractivity contribution in [2.24, 2.45) is 0 Å². The number of likely N-dealkylation sites (N-methyl/N-ethyl adjacent to an activating group) is 1. The molecule has 0 saturated carbocycles. The zero-order valence-corrected chi connectivity index (χ0v) is 14.2. The minimum Gasteiger partial charge on any atom is -1.00 e. The molecule has 0 heterocycles. The molecule has 0 aromatic rings. The fourth-order valence-electron chi connectivity index (χ4n) is 2.10. The molecule has 8 nitrogen and oxygen atoms in total. The van der Waals surface area contributed by atoms with Crippen LogP contribution in [0.2, 0.25) is 0 Å². The van der Waals surface area contributed by atoms with E-state index in [2.05, 4.69) is 5.32 Å². The Kier molecular flexibility index (Phi) is 11.8. The van der Waals surface area contributed by atoms with E-state index in [0.29, 0.717) is 24.0 Å². The number of aliphatic hydroxyl groups excluding tert-OH is 5. The normalized spacial score (nSPS) is 19.0. The number of nitrogens with one attached hydrogen (secondary N) is 1. The van der Waals surface area contributed by atoms with Crippen LogP contribution in [0.1, 0.15) is 13.3 Å². The smallest absolute Gasteiger partial charge is 0.173 e. The van der Waals surface area contributed by atoms with Crippen LogP contribution in [0.5, 0.6) is 0 Å². The number of aliphatic hydroxyl groups is 6. The highest BCUT2D eigenvalue weighted by molar-refractivity contribution is 4.93. The molecule has 0 bridgehead atoms. The van der Waals surface area contributed by atoms with Crippen LogP contribution < -0.4 is 17.7 Å². The first-order chi connectivity index (χ1) is 9.60. The van der Waals surface area contributed by atoms with Crippen LogP contribution in [0.25, 0.3) is 0 Å². The fraction of sp³-hybridized carbons (Fsp3) is 1.00. The molecule has 22 heavy (non-hydrogen) atoms. The maximum atomic E-state index is 10.3. The second-order valence-corrected chi connectivity index (χ2v) is 6.10. The third kappa shape index (κ3) is 7.49. The molecule has 0 amide bonds. The van der Waals surface area contributed by atoms with Crippen LogP contribution in [0.15, 0.2) is 0 Å². The summed E-state index contributed by atoms with van der Waals surface area (Å²) in [5, 5.41) is 59.7. The lowest BCUT2D eigenvalue weighted by Gasteiger charge is -2.38. The summed E-state index contributed by atoms with van der Waals surface area (Å²) in [6.45, 7) is 2.18. The van der Waals surface area contributed by atoms with Crippen molar-refractivity contribution < 1.29 is 47.5 Å². The topological polar surface area (TPSA) is 133 Å². The van der Waals surface area contributed by atoms with E-state index in [1.54, 1.807) is 0 Å². The zero-order valence-electron chi connectivity index (χ0n) is 13.5. The van der Waals surface area contributed by atoms with Crippen molar-refractivity contribution in [1.82, 2.24) is 5.32 Å². The van der Waals surface area contributed by atoms with E-state index in [0.717, 1.165) is 0 Å². The molecule has 9 heteroatoms. The monoisotopic (exact) mass is 346 g/mol. The Morgan fingerprint density at radius 3 is 2.05 bits per heavy atom. The average Bonchev–Trinajstić information content (AvgIpc) is 2.41. The van der Waals surface area contributed by atoms with Gasteiger partial charge in [-0.25, -0.2) is 0 Å². The molecule has 7 N–H and O–H groups in total. The Labute approximate surface area is 138 Å². The maximum absolute atomic E-state index is 10.3. The van der Waals surface area contributed by atoms with Crippen molar-refractivity contribution >= 4 is 0 Å². The Morgan fingerprint density at radius 1 is 1.09 bits per heavy atom. The molecule has 136 valence electrons. The highest BCUT2D eigenvalue weighted by Gasteiger charge is 2.44. The van der Waals surface area contributed by atoms with Crippen LogP contribution in [-0.2, 0) is 0 Å². The minimum atomic E-state index is -2.18. The van der Waals surface area contributed by atoms with Gasteiger partial charge in [0.05, 0.1) is 40.0 Å². The molecular formula is C13H31ClN2O6. The van der Waals surface area contributed by atoms with Gasteiger partial charge in [-0.05, 0) is 6.92 Å². The quantitative estimate of drug-likeness (QED) is 0.112. The Balaban J connectivity index is 0. The van der Waals surface area contributed by atoms with Crippen molar-refractivity contribution in [2.75, 3.05) is 46.9 Å². The van der Waals surface area contributed by atoms with Crippen LogP contribution in [-0.4, -0.2) is 106 Å². The van der Waals surface area contributed by atoms with E-state index in [4.69, 9.17) is 10.2 Å². The SMILES string of the molecule is C[C@H](O)[C@@H](O)[C@](O)(NCCC[N+](C)(C)CCO)[C@H](O)CO.[Cl-]. The minimum absolute atomic E-state index is 0. The van der Waals surface area contributed by atoms with Gasteiger partial charge in [0.25, 0.3) is 0 Å². The lowest BCUT2D eigenvalue weighted by Crippen LogP contribution is -3.00. The molecule has 0 aliphatic heterocycles. The van der Waals surface area contributed by atoms with Gasteiger partial charge >= 0.3 is 0 Å². The molecule has 0 aromatic heterocycles. The second kappa shape index (κ2) is 10.7. The van der Waals surface area contributed by atoms with Crippen LogP contribution in [0.3, 0.4) is 0 Å². The van der Waals surface area contributed by atoms with E-state index in [1.807, 2.05) is 14.1 Å². The molecule has 0 spiro atoms. The highest BCUT2D eigenvalue weighted by Crippen LogP contribution is 2.16. The Morgan fingerprint density at radius 2 is 1.64 bits per heavy atom. The molecule has 0 aliphatic rings. The lowest BCUT2D eigenvalue weighted by atomic mass is 9.96. The standard InChI is InChI=1S/C13H31N2O6.ClH/c1-10(18)12(20)13(21,11(19)9-17)14-5-4-6-15(2,3)7-8-16;/h10-12,14,16-21H,4-9H2,1-3H3;1H/q+1;/p-1/t10-,11+,12+,13-;/m0./s1. The van der Waals surface area contributed by atoms with Gasteiger partial charge in [-0.3, -0.25) is 5.32 Å². The van der Waals surface area contributed by atoms with Gasteiger partial charge in [0.1, 0.15) is 18.8 Å². The van der Waals surface area contributed by atoms with Crippen molar-refractivity contribution in [3.05, 3.63) is 0 Å². The Bertz CT molecular complexity index is 296. The fourth-order valence-corrected chi connectivity index (χ4v) is 2.10. The van der Waals surface area contributed by atoms with E-state index in [-0.39, 0.29) is 25.6 Å². The van der Waals surface area contributed by atoms with Gasteiger partial charge in [-0.1, -0.05) is 0 Å². The van der Waals surface area contributed by atoms with Gasteiger partial charge in [-0.15, -0.1) is 0 Å². The summed E-state index contributed by atoms with van der Waals surface area (Å²) in [6, 6.07) is 0. The lowest BCUT2D eigenvalue weighted by molar-refractivity contribution is -0.890. The van der Waals surface area contributed by atoms with E-state index in [9.17, 15) is 20.4 Å². The molecule has 0 aromatic carbocycles. The van der Waals surface area contributed by atoms with Crippen molar-refractivity contribution in [3.8, 4) is 0 Å². The van der Waals surface area contributed by atoms with Gasteiger partial charge < -0.3 is 47.5 Å². The predicted octanol–water partition coefficient (Wildman–Crippen LogP) is -6.18. The summed E-state index contributed by atoms with van der Waals surface area (Å²) in [5.74, 6) is 0. The van der Waals surface area contributed by atoms with Crippen LogP contribution in [0, 0.1) is 0 Å². The molecular weight excluding hydrogens is 316 g/mol. The average molecular weight is 347 g/mol. The summed E-state index contributed by atoms with van der Waals surface area (Å²) < 4.78 is 0.595. The van der Waals surface area contributed by atoms with Gasteiger partial charge in [0.15, 0.2) is 5.72 Å². The molecule has 0 aliphatic carbocycles. The molecule has 0 unspecified atom stereocenters. The number of hydrogen-bond acceptors (Lipinski definition) is 7. The molecule has 0 fully saturated rings. The summed E-state index contributed by atoms with van der Waals surface area (Å²) in [4.78, 5) is 0. The van der Waals surface area contributed by atoms with Crippen molar-refractivity contribution in [2.45, 2.75) is 37.4 Å². The third-order valence-corrected chi connectivity index (χ3v) is 3.64. The van der Waals surface area contributed by atoms with Gasteiger partial charge in [0, 0.05) is 13.0 Å². The summed E-state index contributed by atoms with van der Waals surface area (Å²) in [6.07, 6.45) is -3.92. The van der Waals surface area contributed by atoms with E-state index >= 15 is 0 Å².